The molecule has 0 aliphatic carbocycles. The number of hydrogen-bond acceptors (Lipinski definition) is 7. The van der Waals surface area contributed by atoms with Crippen molar-refractivity contribution in [3.8, 4) is 17.6 Å². The summed E-state index contributed by atoms with van der Waals surface area (Å²) in [7, 11) is 0. The van der Waals surface area contributed by atoms with E-state index in [9.17, 15) is 15.4 Å². The van der Waals surface area contributed by atoms with Gasteiger partial charge in [0.2, 0.25) is 0 Å². The van der Waals surface area contributed by atoms with Crippen molar-refractivity contribution in [1.82, 2.24) is 0 Å². The van der Waals surface area contributed by atoms with Gasteiger partial charge >= 0.3 is 0 Å². The summed E-state index contributed by atoms with van der Waals surface area (Å²) in [6, 6.07) is 18.8. The molecule has 0 bridgehead atoms. The van der Waals surface area contributed by atoms with Crippen LogP contribution >= 0.6 is 11.6 Å². The monoisotopic (exact) mass is 465 g/mol. The fourth-order valence-electron chi connectivity index (χ4n) is 2.94. The smallest absolute Gasteiger partial charge is 0.269 e. The van der Waals surface area contributed by atoms with E-state index in [4.69, 9.17) is 25.9 Å². The lowest BCUT2D eigenvalue weighted by Gasteiger charge is -2.15. The molecule has 0 amide bonds. The average Bonchev–Trinajstić information content (AvgIpc) is 2.82. The molecule has 0 fully saturated rings. The van der Waals surface area contributed by atoms with Crippen LogP contribution < -0.4 is 9.47 Å². The number of benzene rings is 3. The Hall–Kier alpha value is -4.09. The van der Waals surface area contributed by atoms with Crippen LogP contribution in [0.15, 0.2) is 65.8 Å². The molecule has 0 radical (unpaired) electrons. The topological polar surface area (TPSA) is 107 Å². The Morgan fingerprint density at radius 3 is 2.70 bits per heavy atom. The third kappa shape index (κ3) is 6.45. The fraction of sp³-hybridized carbons (Fsp3) is 0.167. The van der Waals surface area contributed by atoms with Gasteiger partial charge in [-0.3, -0.25) is 10.1 Å². The molecule has 3 rings (SSSR count). The molecule has 3 aromatic rings. The maximum atomic E-state index is 10.9. The number of nitro groups is 1. The molecule has 0 heterocycles. The molecule has 0 spiro atoms. The van der Waals surface area contributed by atoms with Crippen LogP contribution in [-0.2, 0) is 18.1 Å². The van der Waals surface area contributed by atoms with Crippen molar-refractivity contribution in [3.63, 3.8) is 0 Å². The maximum Gasteiger partial charge on any atom is 0.269 e. The summed E-state index contributed by atoms with van der Waals surface area (Å²) in [4.78, 5) is 15.7. The second kappa shape index (κ2) is 11.5. The highest BCUT2D eigenvalue weighted by Crippen LogP contribution is 2.37. The SMILES string of the molecule is CCOc1cc(/C=N\OCc2cccc([N+](=O)[O-])c2)cc(Cl)c1OCc1ccccc1C#N. The first-order chi connectivity index (χ1) is 16.0. The zero-order valence-corrected chi connectivity index (χ0v) is 18.5. The van der Waals surface area contributed by atoms with E-state index in [1.165, 1.54) is 18.3 Å². The molecule has 0 aliphatic heterocycles. The van der Waals surface area contributed by atoms with Crippen molar-refractivity contribution < 1.29 is 19.2 Å². The Bertz CT molecular complexity index is 1210. The molecule has 0 aromatic heterocycles. The van der Waals surface area contributed by atoms with Gasteiger partial charge in [-0.1, -0.05) is 47.1 Å². The van der Waals surface area contributed by atoms with Crippen molar-refractivity contribution in [2.45, 2.75) is 20.1 Å². The van der Waals surface area contributed by atoms with Crippen LogP contribution in [0.5, 0.6) is 11.5 Å². The Morgan fingerprint density at radius 2 is 1.94 bits per heavy atom. The van der Waals surface area contributed by atoms with E-state index in [-0.39, 0.29) is 18.9 Å². The van der Waals surface area contributed by atoms with E-state index in [0.29, 0.717) is 39.8 Å². The minimum atomic E-state index is -0.466. The molecule has 9 heteroatoms. The summed E-state index contributed by atoms with van der Waals surface area (Å²) in [6.07, 6.45) is 1.46. The molecule has 0 saturated carbocycles. The third-order valence-corrected chi connectivity index (χ3v) is 4.75. The van der Waals surface area contributed by atoms with Crippen molar-refractivity contribution in [3.05, 3.63) is 98.1 Å². The molecule has 0 saturated heterocycles. The standard InChI is InChI=1S/C24H20ClN3O5/c1-2-31-23-12-18(14-27-33-15-17-6-5-9-21(10-17)28(29)30)11-22(25)24(23)32-16-20-8-4-3-7-19(20)13-26/h3-12,14H,2,15-16H2,1H3/b27-14-. The van der Waals surface area contributed by atoms with Crippen LogP contribution in [0.4, 0.5) is 5.69 Å². The first-order valence-electron chi connectivity index (χ1n) is 9.97. The quantitative estimate of drug-likeness (QED) is 0.217. The lowest BCUT2D eigenvalue weighted by molar-refractivity contribution is -0.384. The Balaban J connectivity index is 1.70. The highest BCUT2D eigenvalue weighted by atomic mass is 35.5. The van der Waals surface area contributed by atoms with Crippen LogP contribution in [-0.4, -0.2) is 17.7 Å². The Kier molecular flexibility index (Phi) is 8.22. The van der Waals surface area contributed by atoms with E-state index in [2.05, 4.69) is 11.2 Å². The van der Waals surface area contributed by atoms with Crippen molar-refractivity contribution >= 4 is 23.5 Å². The normalized spacial score (nSPS) is 10.6. The highest BCUT2D eigenvalue weighted by Gasteiger charge is 2.13. The number of nitriles is 1. The molecular weight excluding hydrogens is 446 g/mol. The van der Waals surface area contributed by atoms with Crippen molar-refractivity contribution in [2.75, 3.05) is 6.61 Å². The molecule has 3 aromatic carbocycles. The van der Waals surface area contributed by atoms with E-state index in [1.807, 2.05) is 19.1 Å². The van der Waals surface area contributed by atoms with Gasteiger partial charge in [-0.15, -0.1) is 0 Å². The lowest BCUT2D eigenvalue weighted by atomic mass is 10.1. The number of ether oxygens (including phenoxy) is 2. The minimum absolute atomic E-state index is 0.0128. The molecule has 8 nitrogen and oxygen atoms in total. The number of nitro benzene ring substituents is 1. The molecule has 168 valence electrons. The van der Waals surface area contributed by atoms with E-state index < -0.39 is 4.92 Å². The first kappa shape index (κ1) is 23.6. The molecule has 33 heavy (non-hydrogen) atoms. The zero-order valence-electron chi connectivity index (χ0n) is 17.7. The Labute approximate surface area is 195 Å². The zero-order chi connectivity index (χ0) is 23.6. The van der Waals surface area contributed by atoms with Gasteiger partial charge in [-0.05, 0) is 30.7 Å². The summed E-state index contributed by atoms with van der Waals surface area (Å²) < 4.78 is 11.6. The van der Waals surface area contributed by atoms with Crippen molar-refractivity contribution in [1.29, 1.82) is 5.26 Å². The molecule has 0 aliphatic rings. The van der Waals surface area contributed by atoms with Gasteiger partial charge in [0.1, 0.15) is 13.2 Å². The van der Waals surface area contributed by atoms with E-state index in [0.717, 1.165) is 5.56 Å². The minimum Gasteiger partial charge on any atom is -0.490 e. The van der Waals surface area contributed by atoms with Gasteiger partial charge in [-0.25, -0.2) is 0 Å². The number of hydrogen-bond donors (Lipinski definition) is 0. The van der Waals surface area contributed by atoms with Crippen LogP contribution in [0, 0.1) is 21.4 Å². The van der Waals surface area contributed by atoms with Crippen LogP contribution in [0.2, 0.25) is 5.02 Å². The fourth-order valence-corrected chi connectivity index (χ4v) is 3.21. The summed E-state index contributed by atoms with van der Waals surface area (Å²) >= 11 is 6.43. The van der Waals surface area contributed by atoms with Crippen LogP contribution in [0.3, 0.4) is 0 Å². The summed E-state index contributed by atoms with van der Waals surface area (Å²) in [5.74, 6) is 0.792. The van der Waals surface area contributed by atoms with Crippen LogP contribution in [0.25, 0.3) is 0 Å². The van der Waals surface area contributed by atoms with Gasteiger partial charge in [-0.2, -0.15) is 5.26 Å². The summed E-state index contributed by atoms with van der Waals surface area (Å²) in [6.45, 7) is 2.46. The van der Waals surface area contributed by atoms with Gasteiger partial charge in [0.15, 0.2) is 11.5 Å². The van der Waals surface area contributed by atoms with E-state index in [1.54, 1.807) is 36.4 Å². The van der Waals surface area contributed by atoms with E-state index >= 15 is 0 Å². The number of rotatable bonds is 10. The highest BCUT2D eigenvalue weighted by molar-refractivity contribution is 6.32. The number of non-ortho nitro benzene ring substituents is 1. The number of halogens is 1. The van der Waals surface area contributed by atoms with Crippen LogP contribution in [0.1, 0.15) is 29.2 Å². The average molecular weight is 466 g/mol. The second-order valence-corrected chi connectivity index (χ2v) is 7.16. The number of nitrogens with zero attached hydrogens (tertiary/aromatic N) is 3. The third-order valence-electron chi connectivity index (χ3n) is 4.47. The summed E-state index contributed by atoms with van der Waals surface area (Å²) in [5, 5.41) is 24.3. The first-order valence-corrected chi connectivity index (χ1v) is 10.4. The maximum absolute atomic E-state index is 10.9. The molecule has 0 atom stereocenters. The summed E-state index contributed by atoms with van der Waals surface area (Å²) in [5.41, 5.74) is 2.49. The number of oxime groups is 1. The predicted octanol–water partition coefficient (Wildman–Crippen LogP) is 5.65. The van der Waals surface area contributed by atoms with Gasteiger partial charge < -0.3 is 14.3 Å². The predicted molar refractivity (Wildman–Crippen MR) is 124 cm³/mol. The van der Waals surface area contributed by atoms with Gasteiger partial charge in [0.05, 0.1) is 34.4 Å². The molecular formula is C24H20ClN3O5. The Morgan fingerprint density at radius 1 is 1.12 bits per heavy atom. The molecule has 0 unspecified atom stereocenters. The van der Waals surface area contributed by atoms with Gasteiger partial charge in [0.25, 0.3) is 5.69 Å². The molecule has 0 N–H and O–H groups in total. The van der Waals surface area contributed by atoms with Crippen molar-refractivity contribution in [2.24, 2.45) is 5.16 Å². The van der Waals surface area contributed by atoms with Gasteiger partial charge in [0, 0.05) is 23.3 Å². The lowest BCUT2D eigenvalue weighted by Crippen LogP contribution is -2.02. The largest absolute Gasteiger partial charge is 0.490 e. The second-order valence-electron chi connectivity index (χ2n) is 6.76.